The van der Waals surface area contributed by atoms with Crippen molar-refractivity contribution in [3.8, 4) is 0 Å². The van der Waals surface area contributed by atoms with Gasteiger partial charge in [-0.1, -0.05) is 12.1 Å². The second-order valence-corrected chi connectivity index (χ2v) is 6.16. The lowest BCUT2D eigenvalue weighted by Crippen LogP contribution is -2.17. The molecule has 0 aliphatic carbocycles. The molecule has 0 heterocycles. The van der Waals surface area contributed by atoms with Crippen molar-refractivity contribution >= 4 is 11.6 Å². The zero-order chi connectivity index (χ0) is 16.6. The SMILES string of the molecule is Cc1cc(C)c(C(=O)C(=O)c2cc(C)c(C)cc2C)cc1C. The Balaban J connectivity index is 2.49. The summed E-state index contributed by atoms with van der Waals surface area (Å²) in [5.74, 6) is -0.848. The van der Waals surface area contributed by atoms with E-state index in [1.807, 2.05) is 65.8 Å². The van der Waals surface area contributed by atoms with Crippen LogP contribution >= 0.6 is 0 Å². The Bertz CT molecular complexity index is 715. The number of rotatable bonds is 3. The predicted octanol–water partition coefficient (Wildman–Crippen LogP) is 4.60. The Morgan fingerprint density at radius 2 is 0.773 bits per heavy atom. The highest BCUT2D eigenvalue weighted by Crippen LogP contribution is 2.21. The summed E-state index contributed by atoms with van der Waals surface area (Å²) in [6, 6.07) is 7.56. The molecule has 0 saturated heterocycles. The van der Waals surface area contributed by atoms with Crippen LogP contribution < -0.4 is 0 Å². The number of hydrogen-bond acceptors (Lipinski definition) is 2. The predicted molar refractivity (Wildman–Crippen MR) is 90.0 cm³/mol. The van der Waals surface area contributed by atoms with Gasteiger partial charge in [0.2, 0.25) is 11.6 Å². The number of carbonyl (C=O) groups is 2. The molecule has 0 unspecified atom stereocenters. The van der Waals surface area contributed by atoms with Gasteiger partial charge in [0.15, 0.2) is 0 Å². The van der Waals surface area contributed by atoms with Crippen LogP contribution in [0.1, 0.15) is 54.1 Å². The second-order valence-electron chi connectivity index (χ2n) is 6.16. The van der Waals surface area contributed by atoms with Crippen LogP contribution in [0.15, 0.2) is 24.3 Å². The van der Waals surface area contributed by atoms with Crippen LogP contribution in [0.4, 0.5) is 0 Å². The molecule has 2 heteroatoms. The van der Waals surface area contributed by atoms with Crippen molar-refractivity contribution in [2.75, 3.05) is 0 Å². The zero-order valence-corrected chi connectivity index (χ0v) is 14.1. The lowest BCUT2D eigenvalue weighted by Gasteiger charge is -2.11. The van der Waals surface area contributed by atoms with Gasteiger partial charge in [0.1, 0.15) is 0 Å². The quantitative estimate of drug-likeness (QED) is 0.612. The Morgan fingerprint density at radius 3 is 1.09 bits per heavy atom. The molecular weight excluding hydrogens is 272 g/mol. The molecule has 2 aromatic carbocycles. The minimum Gasteiger partial charge on any atom is -0.285 e. The standard InChI is InChI=1S/C20H22O2/c1-11-7-15(5)17(9-13(11)3)19(21)20(22)18-10-14(4)12(2)8-16(18)6/h7-10H,1-6H3. The number of Topliss-reactive ketones (excluding diaryl/α,β-unsaturated/α-hetero) is 2. The lowest BCUT2D eigenvalue weighted by atomic mass is 9.91. The van der Waals surface area contributed by atoms with Crippen molar-refractivity contribution in [1.82, 2.24) is 0 Å². The number of ketones is 2. The molecular formula is C20H22O2. The van der Waals surface area contributed by atoms with Crippen molar-refractivity contribution in [1.29, 1.82) is 0 Å². The third kappa shape index (κ3) is 2.87. The van der Waals surface area contributed by atoms with Crippen molar-refractivity contribution in [3.63, 3.8) is 0 Å². The van der Waals surface area contributed by atoms with E-state index in [1.165, 1.54) is 0 Å². The summed E-state index contributed by atoms with van der Waals surface area (Å²) in [5, 5.41) is 0. The zero-order valence-electron chi connectivity index (χ0n) is 14.1. The van der Waals surface area contributed by atoms with E-state index in [9.17, 15) is 9.59 Å². The summed E-state index contributed by atoms with van der Waals surface area (Å²) in [7, 11) is 0. The highest BCUT2D eigenvalue weighted by atomic mass is 16.2. The minimum atomic E-state index is -0.424. The first-order valence-electron chi connectivity index (χ1n) is 7.47. The number of benzene rings is 2. The topological polar surface area (TPSA) is 34.1 Å². The average Bonchev–Trinajstić information content (AvgIpc) is 2.45. The molecule has 2 rings (SSSR count). The van der Waals surface area contributed by atoms with Crippen LogP contribution in [0.3, 0.4) is 0 Å². The number of hydrogen-bond donors (Lipinski definition) is 0. The first-order valence-corrected chi connectivity index (χ1v) is 7.47. The number of aryl methyl sites for hydroxylation is 6. The summed E-state index contributed by atoms with van der Waals surface area (Å²) in [4.78, 5) is 25.3. The third-order valence-electron chi connectivity index (χ3n) is 4.38. The molecule has 0 saturated carbocycles. The van der Waals surface area contributed by atoms with Gasteiger partial charge in [-0.25, -0.2) is 0 Å². The molecule has 2 nitrogen and oxygen atoms in total. The van der Waals surface area contributed by atoms with Crippen LogP contribution in [0.2, 0.25) is 0 Å². The third-order valence-corrected chi connectivity index (χ3v) is 4.38. The highest BCUT2D eigenvalue weighted by Gasteiger charge is 2.22. The lowest BCUT2D eigenvalue weighted by molar-refractivity contribution is 0.0816. The second kappa shape index (κ2) is 5.88. The summed E-state index contributed by atoms with van der Waals surface area (Å²) in [5.41, 5.74) is 7.02. The molecule has 22 heavy (non-hydrogen) atoms. The molecule has 0 N–H and O–H groups in total. The van der Waals surface area contributed by atoms with E-state index in [4.69, 9.17) is 0 Å². The molecule has 0 fully saturated rings. The van der Waals surface area contributed by atoms with E-state index >= 15 is 0 Å². The molecule has 0 aliphatic heterocycles. The van der Waals surface area contributed by atoms with Gasteiger partial charge >= 0.3 is 0 Å². The van der Waals surface area contributed by atoms with Gasteiger partial charge in [0.05, 0.1) is 0 Å². The molecule has 0 radical (unpaired) electrons. The first-order chi connectivity index (χ1) is 10.2. The van der Waals surface area contributed by atoms with Gasteiger partial charge in [0, 0.05) is 11.1 Å². The van der Waals surface area contributed by atoms with Crippen LogP contribution in [0, 0.1) is 41.5 Å². The van der Waals surface area contributed by atoms with Gasteiger partial charge in [-0.05, 0) is 87.1 Å². The summed E-state index contributed by atoms with van der Waals surface area (Å²) >= 11 is 0. The van der Waals surface area contributed by atoms with Gasteiger partial charge < -0.3 is 0 Å². The summed E-state index contributed by atoms with van der Waals surface area (Å²) in [6.07, 6.45) is 0. The van der Waals surface area contributed by atoms with Crippen molar-refractivity contribution in [3.05, 3.63) is 68.8 Å². The van der Waals surface area contributed by atoms with Crippen LogP contribution in [-0.2, 0) is 0 Å². The number of carbonyl (C=O) groups excluding carboxylic acids is 2. The molecule has 0 spiro atoms. The normalized spacial score (nSPS) is 10.6. The van der Waals surface area contributed by atoms with E-state index in [-0.39, 0.29) is 0 Å². The van der Waals surface area contributed by atoms with Crippen molar-refractivity contribution < 1.29 is 9.59 Å². The van der Waals surface area contributed by atoms with Crippen LogP contribution in [0.25, 0.3) is 0 Å². The monoisotopic (exact) mass is 294 g/mol. The van der Waals surface area contributed by atoms with Gasteiger partial charge in [0.25, 0.3) is 0 Å². The maximum atomic E-state index is 12.6. The van der Waals surface area contributed by atoms with Crippen LogP contribution in [0.5, 0.6) is 0 Å². The fourth-order valence-electron chi connectivity index (χ4n) is 2.65. The Morgan fingerprint density at radius 1 is 0.500 bits per heavy atom. The molecule has 0 bridgehead atoms. The maximum Gasteiger partial charge on any atom is 0.233 e. The van der Waals surface area contributed by atoms with E-state index < -0.39 is 11.6 Å². The van der Waals surface area contributed by atoms with Gasteiger partial charge in [-0.2, -0.15) is 0 Å². The van der Waals surface area contributed by atoms with Crippen LogP contribution in [-0.4, -0.2) is 11.6 Å². The smallest absolute Gasteiger partial charge is 0.233 e. The average molecular weight is 294 g/mol. The van der Waals surface area contributed by atoms with Crippen molar-refractivity contribution in [2.45, 2.75) is 41.5 Å². The highest BCUT2D eigenvalue weighted by molar-refractivity contribution is 6.49. The van der Waals surface area contributed by atoms with E-state index in [1.54, 1.807) is 0 Å². The Hall–Kier alpha value is -2.22. The van der Waals surface area contributed by atoms with E-state index in [0.717, 1.165) is 33.4 Å². The summed E-state index contributed by atoms with van der Waals surface area (Å²) in [6.45, 7) is 11.7. The first kappa shape index (κ1) is 16.2. The summed E-state index contributed by atoms with van der Waals surface area (Å²) < 4.78 is 0. The fraction of sp³-hybridized carbons (Fsp3) is 0.300. The molecule has 114 valence electrons. The van der Waals surface area contributed by atoms with Gasteiger partial charge in [-0.3, -0.25) is 9.59 Å². The largest absolute Gasteiger partial charge is 0.285 e. The molecule has 0 aliphatic rings. The Kier molecular flexibility index (Phi) is 4.32. The fourth-order valence-corrected chi connectivity index (χ4v) is 2.65. The van der Waals surface area contributed by atoms with Crippen molar-refractivity contribution in [2.24, 2.45) is 0 Å². The molecule has 0 aromatic heterocycles. The molecule has 2 aromatic rings. The molecule has 0 amide bonds. The maximum absolute atomic E-state index is 12.6. The van der Waals surface area contributed by atoms with E-state index in [0.29, 0.717) is 11.1 Å². The molecule has 0 atom stereocenters. The van der Waals surface area contributed by atoms with Gasteiger partial charge in [-0.15, -0.1) is 0 Å². The van der Waals surface area contributed by atoms with E-state index in [2.05, 4.69) is 0 Å². The Labute approximate surface area is 132 Å². The minimum absolute atomic E-state index is 0.424.